The van der Waals surface area contributed by atoms with Crippen molar-refractivity contribution in [3.05, 3.63) is 29.8 Å². The Morgan fingerprint density at radius 3 is 2.53 bits per heavy atom. The summed E-state index contributed by atoms with van der Waals surface area (Å²) in [6, 6.07) is 8.84. The van der Waals surface area contributed by atoms with Gasteiger partial charge in [-0.1, -0.05) is 31.5 Å². The Hall–Kier alpha value is -1.02. The normalized spacial score (nSPS) is 20.3. The summed E-state index contributed by atoms with van der Waals surface area (Å²) in [6.45, 7) is 10.4. The number of hydrogen-bond acceptors (Lipinski definition) is 2. The summed E-state index contributed by atoms with van der Waals surface area (Å²) in [5.74, 6) is 0.786. The summed E-state index contributed by atoms with van der Waals surface area (Å²) >= 11 is 0. The second kappa shape index (κ2) is 5.96. The van der Waals surface area contributed by atoms with E-state index in [1.165, 1.54) is 37.2 Å². The van der Waals surface area contributed by atoms with Gasteiger partial charge in [0, 0.05) is 19.3 Å². The lowest BCUT2D eigenvalue weighted by Crippen LogP contribution is -2.44. The van der Waals surface area contributed by atoms with Gasteiger partial charge < -0.3 is 10.2 Å². The molecule has 1 saturated heterocycles. The van der Waals surface area contributed by atoms with Gasteiger partial charge in [-0.15, -0.1) is 0 Å². The van der Waals surface area contributed by atoms with Crippen molar-refractivity contribution in [2.45, 2.75) is 33.6 Å². The molecule has 0 amide bonds. The Morgan fingerprint density at radius 2 is 1.95 bits per heavy atom. The van der Waals surface area contributed by atoms with Crippen molar-refractivity contribution in [1.82, 2.24) is 5.32 Å². The summed E-state index contributed by atoms with van der Waals surface area (Å²) in [4.78, 5) is 2.40. The average Bonchev–Trinajstić information content (AvgIpc) is 2.40. The zero-order chi connectivity index (χ0) is 13.9. The third kappa shape index (κ3) is 3.73. The minimum absolute atomic E-state index is 0.354. The van der Waals surface area contributed by atoms with E-state index in [1.54, 1.807) is 0 Å². The summed E-state index contributed by atoms with van der Waals surface area (Å²) in [7, 11) is 2.21. The second-order valence-electron chi connectivity index (χ2n) is 6.72. The van der Waals surface area contributed by atoms with E-state index in [4.69, 9.17) is 0 Å². The molecule has 1 aliphatic rings. The van der Waals surface area contributed by atoms with Gasteiger partial charge in [-0.05, 0) is 56.3 Å². The molecule has 2 rings (SSSR count). The van der Waals surface area contributed by atoms with Crippen molar-refractivity contribution in [2.24, 2.45) is 11.3 Å². The molecule has 0 radical (unpaired) electrons. The highest BCUT2D eigenvalue weighted by atomic mass is 15.1. The predicted molar refractivity (Wildman–Crippen MR) is 83.8 cm³/mol. The molecular weight excluding hydrogens is 232 g/mol. The summed E-state index contributed by atoms with van der Waals surface area (Å²) in [5.41, 5.74) is 3.00. The zero-order valence-electron chi connectivity index (χ0n) is 12.9. The molecule has 1 fully saturated rings. The predicted octanol–water partition coefficient (Wildman–Crippen LogP) is 3.46. The first-order valence-corrected chi connectivity index (χ1v) is 7.47. The maximum Gasteiger partial charge on any atom is 0.0363 e. The largest absolute Gasteiger partial charge is 0.374 e. The van der Waals surface area contributed by atoms with Crippen LogP contribution in [0.1, 0.15) is 32.3 Å². The molecule has 0 aliphatic carbocycles. The van der Waals surface area contributed by atoms with Gasteiger partial charge in [0.2, 0.25) is 0 Å². The van der Waals surface area contributed by atoms with E-state index < -0.39 is 0 Å². The number of anilines is 1. The molecule has 1 heterocycles. The Morgan fingerprint density at radius 1 is 1.26 bits per heavy atom. The third-order valence-corrected chi connectivity index (χ3v) is 4.52. The van der Waals surface area contributed by atoms with E-state index >= 15 is 0 Å². The van der Waals surface area contributed by atoms with Crippen LogP contribution in [0.25, 0.3) is 0 Å². The molecule has 1 aromatic carbocycles. The molecule has 1 aromatic rings. The Labute approximate surface area is 118 Å². The molecule has 1 unspecified atom stereocenters. The highest BCUT2D eigenvalue weighted by molar-refractivity contribution is 5.46. The average molecular weight is 260 g/mol. The topological polar surface area (TPSA) is 15.3 Å². The number of benzene rings is 1. The molecule has 1 atom stereocenters. The van der Waals surface area contributed by atoms with Crippen LogP contribution in [0.5, 0.6) is 0 Å². The fraction of sp³-hybridized carbons (Fsp3) is 0.647. The SMILES string of the molecule is Cc1ccc(N(C)CC(C)(C)C2CCCNC2)cc1. The Balaban J connectivity index is 2.00. The summed E-state index contributed by atoms with van der Waals surface area (Å²) < 4.78 is 0. The van der Waals surface area contributed by atoms with Crippen molar-refractivity contribution in [3.8, 4) is 0 Å². The molecule has 2 heteroatoms. The first-order valence-electron chi connectivity index (χ1n) is 7.47. The van der Waals surface area contributed by atoms with Crippen molar-refractivity contribution < 1.29 is 0 Å². The van der Waals surface area contributed by atoms with Gasteiger partial charge in [0.15, 0.2) is 0 Å². The van der Waals surface area contributed by atoms with Crippen LogP contribution in [-0.2, 0) is 0 Å². The number of nitrogens with zero attached hydrogens (tertiary/aromatic N) is 1. The number of nitrogens with one attached hydrogen (secondary N) is 1. The quantitative estimate of drug-likeness (QED) is 0.892. The molecular formula is C17H28N2. The molecule has 19 heavy (non-hydrogen) atoms. The van der Waals surface area contributed by atoms with E-state index in [2.05, 4.69) is 62.3 Å². The lowest BCUT2D eigenvalue weighted by atomic mass is 9.74. The number of piperidine rings is 1. The highest BCUT2D eigenvalue weighted by Crippen LogP contribution is 2.33. The van der Waals surface area contributed by atoms with Gasteiger partial charge in [-0.3, -0.25) is 0 Å². The van der Waals surface area contributed by atoms with Gasteiger partial charge in [0.05, 0.1) is 0 Å². The minimum Gasteiger partial charge on any atom is -0.374 e. The first-order chi connectivity index (χ1) is 8.99. The smallest absolute Gasteiger partial charge is 0.0363 e. The molecule has 0 bridgehead atoms. The number of hydrogen-bond donors (Lipinski definition) is 1. The molecule has 0 saturated carbocycles. The van der Waals surface area contributed by atoms with E-state index in [0.717, 1.165) is 12.5 Å². The van der Waals surface area contributed by atoms with Gasteiger partial charge >= 0.3 is 0 Å². The zero-order valence-corrected chi connectivity index (χ0v) is 12.9. The van der Waals surface area contributed by atoms with E-state index in [1.807, 2.05) is 0 Å². The van der Waals surface area contributed by atoms with Gasteiger partial charge in [0.1, 0.15) is 0 Å². The van der Waals surface area contributed by atoms with Gasteiger partial charge in [-0.25, -0.2) is 0 Å². The van der Waals surface area contributed by atoms with Gasteiger partial charge in [0.25, 0.3) is 0 Å². The van der Waals surface area contributed by atoms with Crippen LogP contribution in [0.4, 0.5) is 5.69 Å². The molecule has 1 N–H and O–H groups in total. The first kappa shape index (κ1) is 14.4. The maximum absolute atomic E-state index is 3.54. The fourth-order valence-electron chi connectivity index (χ4n) is 3.15. The summed E-state index contributed by atoms with van der Waals surface area (Å²) in [5, 5.41) is 3.54. The Kier molecular flexibility index (Phi) is 4.51. The van der Waals surface area contributed by atoms with Crippen LogP contribution in [0, 0.1) is 18.3 Å². The highest BCUT2D eigenvalue weighted by Gasteiger charge is 2.31. The summed E-state index contributed by atoms with van der Waals surface area (Å²) in [6.07, 6.45) is 2.68. The molecule has 0 aromatic heterocycles. The van der Waals surface area contributed by atoms with Crippen LogP contribution in [-0.4, -0.2) is 26.7 Å². The van der Waals surface area contributed by atoms with Crippen molar-refractivity contribution in [3.63, 3.8) is 0 Å². The third-order valence-electron chi connectivity index (χ3n) is 4.52. The lowest BCUT2D eigenvalue weighted by Gasteiger charge is -2.40. The van der Waals surface area contributed by atoms with E-state index in [0.29, 0.717) is 5.41 Å². The fourth-order valence-corrected chi connectivity index (χ4v) is 3.15. The van der Waals surface area contributed by atoms with Crippen LogP contribution in [0.3, 0.4) is 0 Å². The lowest BCUT2D eigenvalue weighted by molar-refractivity contribution is 0.178. The van der Waals surface area contributed by atoms with Gasteiger partial charge in [-0.2, -0.15) is 0 Å². The molecule has 2 nitrogen and oxygen atoms in total. The van der Waals surface area contributed by atoms with Crippen molar-refractivity contribution >= 4 is 5.69 Å². The van der Waals surface area contributed by atoms with Crippen LogP contribution in [0.2, 0.25) is 0 Å². The number of rotatable bonds is 4. The van der Waals surface area contributed by atoms with Crippen LogP contribution >= 0.6 is 0 Å². The van der Waals surface area contributed by atoms with Crippen LogP contribution < -0.4 is 10.2 Å². The van der Waals surface area contributed by atoms with E-state index in [-0.39, 0.29) is 0 Å². The molecule has 1 aliphatic heterocycles. The molecule has 0 spiro atoms. The molecule has 106 valence electrons. The monoisotopic (exact) mass is 260 g/mol. The van der Waals surface area contributed by atoms with Crippen LogP contribution in [0.15, 0.2) is 24.3 Å². The minimum atomic E-state index is 0.354. The standard InChI is InChI=1S/C17H28N2/c1-14-7-9-16(10-8-14)19(4)13-17(2,3)15-6-5-11-18-12-15/h7-10,15,18H,5-6,11-13H2,1-4H3. The van der Waals surface area contributed by atoms with E-state index in [9.17, 15) is 0 Å². The van der Waals surface area contributed by atoms with Crippen molar-refractivity contribution in [1.29, 1.82) is 0 Å². The number of aryl methyl sites for hydroxylation is 1. The van der Waals surface area contributed by atoms with Crippen molar-refractivity contribution in [2.75, 3.05) is 31.6 Å². The Bertz CT molecular complexity index is 388. The second-order valence-corrected chi connectivity index (χ2v) is 6.72. The maximum atomic E-state index is 3.54.